The number of fused-ring (bicyclic) bond motifs is 1. The molecule has 1 aromatic rings. The van der Waals surface area contributed by atoms with Crippen LogP contribution in [0.5, 0.6) is 11.8 Å². The molecule has 1 heterocycles. The number of rotatable bonds is 7. The van der Waals surface area contributed by atoms with Gasteiger partial charge in [0, 0.05) is 17.7 Å². The average Bonchev–Trinajstić information content (AvgIpc) is 2.69. The average molecular weight is 275 g/mol. The number of allylic oxidation sites excluding steroid dienone is 3. The molecule has 0 saturated heterocycles. The molecule has 3 nitrogen and oxygen atoms in total. The topological polar surface area (TPSA) is 45.4 Å². The minimum absolute atomic E-state index is 0.193. The van der Waals surface area contributed by atoms with Crippen LogP contribution < -0.4 is 0 Å². The van der Waals surface area contributed by atoms with Crippen LogP contribution in [0.1, 0.15) is 50.2 Å². The van der Waals surface area contributed by atoms with E-state index < -0.39 is 0 Å². The summed E-state index contributed by atoms with van der Waals surface area (Å²) in [5.74, 6) is 0.398. The molecule has 110 valence electrons. The van der Waals surface area contributed by atoms with Gasteiger partial charge in [-0.15, -0.1) is 6.58 Å². The number of unbranched alkanes of at least 4 members (excludes halogenated alkanes) is 3. The summed E-state index contributed by atoms with van der Waals surface area (Å²) in [6.07, 6.45) is 11.5. The molecule has 0 aromatic carbocycles. The van der Waals surface area contributed by atoms with Crippen LogP contribution in [0.4, 0.5) is 0 Å². The lowest BCUT2D eigenvalue weighted by molar-refractivity contribution is 0.376. The molecule has 0 amide bonds. The van der Waals surface area contributed by atoms with Gasteiger partial charge in [-0.05, 0) is 25.7 Å². The monoisotopic (exact) mass is 275 g/mol. The van der Waals surface area contributed by atoms with E-state index in [9.17, 15) is 10.2 Å². The molecule has 0 atom stereocenters. The lowest BCUT2D eigenvalue weighted by atomic mass is 9.91. The van der Waals surface area contributed by atoms with Gasteiger partial charge in [-0.1, -0.05) is 43.9 Å². The molecule has 0 bridgehead atoms. The van der Waals surface area contributed by atoms with Crippen LogP contribution in [0.25, 0.3) is 0 Å². The van der Waals surface area contributed by atoms with E-state index in [1.54, 1.807) is 6.08 Å². The summed E-state index contributed by atoms with van der Waals surface area (Å²) in [7, 11) is 0. The van der Waals surface area contributed by atoms with Gasteiger partial charge in [-0.25, -0.2) is 0 Å². The Bertz CT molecular complexity index is 512. The largest absolute Gasteiger partial charge is 0.494 e. The molecule has 20 heavy (non-hydrogen) atoms. The molecule has 0 radical (unpaired) electrons. The fourth-order valence-electron chi connectivity index (χ4n) is 2.91. The van der Waals surface area contributed by atoms with Crippen LogP contribution in [0.2, 0.25) is 0 Å². The fourth-order valence-corrected chi connectivity index (χ4v) is 2.91. The predicted molar refractivity (Wildman–Crippen MR) is 82.2 cm³/mol. The third-order valence-electron chi connectivity index (χ3n) is 4.08. The fraction of sp³-hybridized carbons (Fsp3) is 0.529. The molecule has 3 heteroatoms. The van der Waals surface area contributed by atoms with Gasteiger partial charge in [-0.3, -0.25) is 4.57 Å². The Morgan fingerprint density at radius 3 is 2.65 bits per heavy atom. The molecule has 0 aliphatic heterocycles. The highest BCUT2D eigenvalue weighted by molar-refractivity contribution is 5.50. The number of nitrogens with zero attached hydrogens (tertiary/aromatic N) is 1. The van der Waals surface area contributed by atoms with Gasteiger partial charge in [0.15, 0.2) is 11.8 Å². The maximum Gasteiger partial charge on any atom is 0.198 e. The predicted octanol–water partition coefficient (Wildman–Crippen LogP) is 4.08. The van der Waals surface area contributed by atoms with E-state index in [0.29, 0.717) is 6.54 Å². The minimum atomic E-state index is 0.193. The van der Waals surface area contributed by atoms with E-state index in [1.165, 1.54) is 35.8 Å². The first-order valence-electron chi connectivity index (χ1n) is 7.60. The molecule has 1 aromatic heterocycles. The molecule has 1 aliphatic rings. The molecule has 1 aliphatic carbocycles. The van der Waals surface area contributed by atoms with Crippen molar-refractivity contribution in [3.05, 3.63) is 35.4 Å². The second-order valence-corrected chi connectivity index (χ2v) is 5.56. The SMILES string of the molecule is C=CCn1c(O)c2c(c1O)CC(CCCCCC)=CC2. The van der Waals surface area contributed by atoms with Crippen molar-refractivity contribution < 1.29 is 10.2 Å². The summed E-state index contributed by atoms with van der Waals surface area (Å²) < 4.78 is 1.53. The van der Waals surface area contributed by atoms with Crippen molar-refractivity contribution in [2.24, 2.45) is 0 Å². The first-order chi connectivity index (χ1) is 9.69. The Balaban J connectivity index is 2.05. The van der Waals surface area contributed by atoms with E-state index in [-0.39, 0.29) is 11.8 Å². The van der Waals surface area contributed by atoms with Crippen LogP contribution >= 0.6 is 0 Å². The van der Waals surface area contributed by atoms with Gasteiger partial charge in [0.2, 0.25) is 0 Å². The number of hydrogen-bond acceptors (Lipinski definition) is 2. The first-order valence-corrected chi connectivity index (χ1v) is 7.60. The highest BCUT2D eigenvalue weighted by Gasteiger charge is 2.24. The van der Waals surface area contributed by atoms with Crippen LogP contribution in [-0.2, 0) is 19.4 Å². The van der Waals surface area contributed by atoms with E-state index in [1.807, 2.05) is 0 Å². The summed E-state index contributed by atoms with van der Waals surface area (Å²) >= 11 is 0. The van der Waals surface area contributed by atoms with Gasteiger partial charge in [0.05, 0.1) is 0 Å². The Morgan fingerprint density at radius 2 is 1.95 bits per heavy atom. The van der Waals surface area contributed by atoms with Gasteiger partial charge in [0.1, 0.15) is 0 Å². The standard InChI is InChI=1S/C17H25NO2/c1-3-5-6-7-8-13-9-10-14-15(12-13)17(20)18(11-4-2)16(14)19/h4,9,19-20H,2-3,5-8,10-12H2,1H3. The van der Waals surface area contributed by atoms with Crippen LogP contribution in [0.3, 0.4) is 0 Å². The van der Waals surface area contributed by atoms with Gasteiger partial charge >= 0.3 is 0 Å². The van der Waals surface area contributed by atoms with Crippen molar-refractivity contribution in [1.82, 2.24) is 4.57 Å². The van der Waals surface area contributed by atoms with E-state index in [0.717, 1.165) is 30.4 Å². The Kier molecular flexibility index (Phi) is 4.94. The number of hydrogen-bond donors (Lipinski definition) is 2. The Hall–Kier alpha value is -1.64. The molecule has 0 saturated carbocycles. The normalized spacial score (nSPS) is 13.9. The van der Waals surface area contributed by atoms with Crippen LogP contribution in [-0.4, -0.2) is 14.8 Å². The summed E-state index contributed by atoms with van der Waals surface area (Å²) in [6.45, 7) is 6.32. The summed E-state index contributed by atoms with van der Waals surface area (Å²) in [4.78, 5) is 0. The van der Waals surface area contributed by atoms with E-state index >= 15 is 0 Å². The zero-order chi connectivity index (χ0) is 14.5. The third kappa shape index (κ3) is 2.92. The van der Waals surface area contributed by atoms with Crippen molar-refractivity contribution in [1.29, 1.82) is 0 Å². The highest BCUT2D eigenvalue weighted by atomic mass is 16.3. The molecular formula is C17H25NO2. The highest BCUT2D eigenvalue weighted by Crippen LogP contribution is 2.39. The van der Waals surface area contributed by atoms with Gasteiger partial charge < -0.3 is 10.2 Å². The third-order valence-corrected chi connectivity index (χ3v) is 4.08. The zero-order valence-electron chi connectivity index (χ0n) is 12.4. The minimum Gasteiger partial charge on any atom is -0.494 e. The van der Waals surface area contributed by atoms with E-state index in [2.05, 4.69) is 19.6 Å². The Labute approximate surface area is 121 Å². The number of aromatic hydroxyl groups is 2. The molecule has 2 rings (SSSR count). The lowest BCUT2D eigenvalue weighted by Crippen LogP contribution is -2.01. The van der Waals surface area contributed by atoms with Crippen molar-refractivity contribution in [2.75, 3.05) is 0 Å². The van der Waals surface area contributed by atoms with Crippen LogP contribution in [0.15, 0.2) is 24.3 Å². The maximum atomic E-state index is 10.2. The van der Waals surface area contributed by atoms with Crippen molar-refractivity contribution in [3.8, 4) is 11.8 Å². The molecule has 0 spiro atoms. The lowest BCUT2D eigenvalue weighted by Gasteiger charge is -2.13. The molecule has 0 fully saturated rings. The molecular weight excluding hydrogens is 250 g/mol. The first kappa shape index (κ1) is 14.8. The van der Waals surface area contributed by atoms with Gasteiger partial charge in [0.25, 0.3) is 0 Å². The number of aromatic nitrogens is 1. The summed E-state index contributed by atoms with van der Waals surface area (Å²) in [5, 5.41) is 20.4. The summed E-state index contributed by atoms with van der Waals surface area (Å²) in [5.41, 5.74) is 3.17. The Morgan fingerprint density at radius 1 is 1.20 bits per heavy atom. The van der Waals surface area contributed by atoms with Crippen molar-refractivity contribution in [3.63, 3.8) is 0 Å². The smallest absolute Gasteiger partial charge is 0.198 e. The zero-order valence-corrected chi connectivity index (χ0v) is 12.4. The van der Waals surface area contributed by atoms with Crippen LogP contribution in [0, 0.1) is 0 Å². The van der Waals surface area contributed by atoms with Crippen molar-refractivity contribution >= 4 is 0 Å². The second kappa shape index (κ2) is 6.69. The quantitative estimate of drug-likeness (QED) is 0.581. The molecule has 0 unspecified atom stereocenters. The van der Waals surface area contributed by atoms with Gasteiger partial charge in [-0.2, -0.15) is 0 Å². The second-order valence-electron chi connectivity index (χ2n) is 5.56. The van der Waals surface area contributed by atoms with E-state index in [4.69, 9.17) is 0 Å². The molecule has 2 N–H and O–H groups in total. The maximum absolute atomic E-state index is 10.2. The van der Waals surface area contributed by atoms with Crippen molar-refractivity contribution in [2.45, 2.75) is 58.4 Å². The summed E-state index contributed by atoms with van der Waals surface area (Å²) in [6, 6.07) is 0.